The van der Waals surface area contributed by atoms with Crippen molar-refractivity contribution in [3.63, 3.8) is 0 Å². The van der Waals surface area contributed by atoms with Gasteiger partial charge in [0.05, 0.1) is 12.0 Å². The molecule has 1 aromatic heterocycles. The van der Waals surface area contributed by atoms with Crippen molar-refractivity contribution in [2.24, 2.45) is 11.8 Å². The first kappa shape index (κ1) is 32.7. The van der Waals surface area contributed by atoms with Crippen LogP contribution in [0.25, 0.3) is 0 Å². The Kier molecular flexibility index (Phi) is 13.9. The van der Waals surface area contributed by atoms with Gasteiger partial charge in [0.2, 0.25) is 24.1 Å². The number of rotatable bonds is 18. The lowest BCUT2D eigenvalue weighted by Gasteiger charge is -2.29. The Morgan fingerprint density at radius 3 is 2.43 bits per heavy atom. The van der Waals surface area contributed by atoms with E-state index >= 15 is 0 Å². The number of pyridine rings is 1. The molecule has 0 bridgehead atoms. The second-order valence-electron chi connectivity index (χ2n) is 11.2. The largest absolute Gasteiger partial charge is 0.356 e. The first-order valence-electron chi connectivity index (χ1n) is 15.1. The number of nitrogens with zero attached hydrogens (tertiary/aromatic N) is 2. The van der Waals surface area contributed by atoms with E-state index in [-0.39, 0.29) is 12.3 Å². The molecule has 1 saturated carbocycles. The van der Waals surface area contributed by atoms with Crippen LogP contribution >= 0.6 is 0 Å². The monoisotopic (exact) mass is 579 g/mol. The number of unbranched alkanes of at least 4 members (excludes halogenated alkanes) is 1. The molecular formula is C32H45N5O5. The van der Waals surface area contributed by atoms with Gasteiger partial charge >= 0.3 is 0 Å². The molecule has 0 saturated heterocycles. The second-order valence-corrected chi connectivity index (χ2v) is 11.2. The van der Waals surface area contributed by atoms with Gasteiger partial charge in [0, 0.05) is 19.2 Å². The van der Waals surface area contributed by atoms with E-state index in [4.69, 9.17) is 0 Å². The highest BCUT2D eigenvalue weighted by atomic mass is 16.5. The van der Waals surface area contributed by atoms with Gasteiger partial charge in [0.25, 0.3) is 0 Å². The van der Waals surface area contributed by atoms with Gasteiger partial charge in [-0.2, -0.15) is 0 Å². The summed E-state index contributed by atoms with van der Waals surface area (Å²) < 4.78 is 0. The van der Waals surface area contributed by atoms with Gasteiger partial charge in [-0.15, -0.1) is 0 Å². The average Bonchev–Trinajstić information content (AvgIpc) is 3.51. The van der Waals surface area contributed by atoms with Crippen molar-refractivity contribution >= 4 is 29.9 Å². The molecule has 42 heavy (non-hydrogen) atoms. The zero-order valence-electron chi connectivity index (χ0n) is 24.5. The maximum atomic E-state index is 13.5. The highest BCUT2D eigenvalue weighted by molar-refractivity contribution is 5.96. The minimum atomic E-state index is -0.860. The smallest absolute Gasteiger partial charge is 0.248 e. The van der Waals surface area contributed by atoms with E-state index in [1.165, 1.54) is 12.8 Å². The van der Waals surface area contributed by atoms with E-state index in [0.29, 0.717) is 61.9 Å². The molecule has 1 heterocycles. The van der Waals surface area contributed by atoms with Gasteiger partial charge in [0.15, 0.2) is 0 Å². The van der Waals surface area contributed by atoms with Crippen LogP contribution in [0, 0.1) is 11.8 Å². The van der Waals surface area contributed by atoms with Gasteiger partial charge in [-0.25, -0.2) is 10.0 Å². The lowest BCUT2D eigenvalue weighted by molar-refractivity contribution is -0.166. The summed E-state index contributed by atoms with van der Waals surface area (Å²) in [5, 5.41) is 19.2. The number of hydroxylamine groups is 2. The first-order valence-corrected chi connectivity index (χ1v) is 15.1. The molecule has 228 valence electrons. The molecule has 10 heteroatoms. The average molecular weight is 580 g/mol. The summed E-state index contributed by atoms with van der Waals surface area (Å²) in [5.74, 6) is -0.630. The first-order chi connectivity index (χ1) is 20.4. The number of hydrogen-bond donors (Lipinski definition) is 4. The number of aryl methyl sites for hydroxylation is 1. The fraction of sp³-hybridized carbons (Fsp3) is 0.531. The van der Waals surface area contributed by atoms with Gasteiger partial charge in [-0.1, -0.05) is 49.2 Å². The van der Waals surface area contributed by atoms with Gasteiger partial charge in [-0.05, 0) is 81.9 Å². The third-order valence-electron chi connectivity index (χ3n) is 8.01. The van der Waals surface area contributed by atoms with Crippen LogP contribution in [0.1, 0.15) is 76.7 Å². The Balaban J connectivity index is 1.59. The Bertz CT molecular complexity index is 1110. The molecule has 3 rings (SSSR count). The normalized spacial score (nSPS) is 15.3. The molecule has 1 fully saturated rings. The third kappa shape index (κ3) is 11.2. The zero-order chi connectivity index (χ0) is 30.2. The van der Waals surface area contributed by atoms with Crippen molar-refractivity contribution in [1.29, 1.82) is 0 Å². The standard InChI is InChI=1S/C32H45N5O5/c1-24(37(42)23-38)27(17-11-16-25-12-3-2-4-13-25)31(40)35-28(32(41)36-29-19-8-10-20-33-29)18-7-9-21-34-30(39)22-26-14-5-6-15-26/h2-4,8,10,12-13,19-20,23-24,26-28,42H,5-7,9,11,14-18,21-22H2,1H3,(H,34,39)(H,35,40)(H,33,36,41)/t24-,27+,28-/m0/s1. The second kappa shape index (κ2) is 17.9. The number of anilines is 1. The summed E-state index contributed by atoms with van der Waals surface area (Å²) >= 11 is 0. The van der Waals surface area contributed by atoms with Crippen molar-refractivity contribution in [3.8, 4) is 0 Å². The SMILES string of the molecule is C[C@@H]([C@@H](CCCc1ccccc1)C(=O)N[C@@H](CCCCNC(=O)CC1CCCC1)C(=O)Nc1ccccn1)N(O)C=O. The molecule has 0 unspecified atom stereocenters. The maximum Gasteiger partial charge on any atom is 0.248 e. The Hall–Kier alpha value is -3.79. The van der Waals surface area contributed by atoms with Crippen LogP contribution < -0.4 is 16.0 Å². The lowest BCUT2D eigenvalue weighted by atomic mass is 9.92. The number of nitrogens with one attached hydrogen (secondary N) is 3. The van der Waals surface area contributed by atoms with E-state index in [9.17, 15) is 24.4 Å². The van der Waals surface area contributed by atoms with Crippen molar-refractivity contribution in [2.45, 2.75) is 89.6 Å². The van der Waals surface area contributed by atoms with Crippen LogP contribution in [0.2, 0.25) is 0 Å². The van der Waals surface area contributed by atoms with Crippen molar-refractivity contribution in [3.05, 3.63) is 60.3 Å². The van der Waals surface area contributed by atoms with Crippen LogP contribution in [-0.2, 0) is 25.6 Å². The minimum Gasteiger partial charge on any atom is -0.356 e. The molecule has 1 aromatic carbocycles. The summed E-state index contributed by atoms with van der Waals surface area (Å²) in [6.45, 7) is 2.12. The van der Waals surface area contributed by atoms with Crippen LogP contribution in [0.4, 0.5) is 5.82 Å². The number of carbonyl (C=O) groups is 4. The summed E-state index contributed by atoms with van der Waals surface area (Å²) in [6.07, 6.45) is 10.5. The minimum absolute atomic E-state index is 0.0655. The molecule has 0 aliphatic heterocycles. The molecular weight excluding hydrogens is 534 g/mol. The molecule has 3 atom stereocenters. The van der Waals surface area contributed by atoms with Gasteiger partial charge < -0.3 is 16.0 Å². The van der Waals surface area contributed by atoms with E-state index in [1.54, 1.807) is 31.3 Å². The third-order valence-corrected chi connectivity index (χ3v) is 8.01. The van der Waals surface area contributed by atoms with Crippen LogP contribution in [0.5, 0.6) is 0 Å². The predicted molar refractivity (Wildman–Crippen MR) is 160 cm³/mol. The highest BCUT2D eigenvalue weighted by Gasteiger charge is 2.31. The summed E-state index contributed by atoms with van der Waals surface area (Å²) in [7, 11) is 0. The van der Waals surface area contributed by atoms with E-state index in [1.807, 2.05) is 30.3 Å². The Morgan fingerprint density at radius 1 is 1.00 bits per heavy atom. The van der Waals surface area contributed by atoms with Crippen molar-refractivity contribution in [2.75, 3.05) is 11.9 Å². The van der Waals surface area contributed by atoms with Gasteiger partial charge in [0.1, 0.15) is 11.9 Å². The van der Waals surface area contributed by atoms with Crippen molar-refractivity contribution < 1.29 is 24.4 Å². The van der Waals surface area contributed by atoms with E-state index in [2.05, 4.69) is 20.9 Å². The quantitative estimate of drug-likeness (QED) is 0.0901. The number of carbonyl (C=O) groups excluding carboxylic acids is 4. The zero-order valence-corrected chi connectivity index (χ0v) is 24.5. The molecule has 4 amide bonds. The topological polar surface area (TPSA) is 141 Å². The molecule has 0 radical (unpaired) electrons. The van der Waals surface area contributed by atoms with Crippen molar-refractivity contribution in [1.82, 2.24) is 20.7 Å². The van der Waals surface area contributed by atoms with Crippen LogP contribution in [0.15, 0.2) is 54.7 Å². The maximum absolute atomic E-state index is 13.5. The number of aromatic nitrogens is 1. The Morgan fingerprint density at radius 2 is 1.74 bits per heavy atom. The van der Waals surface area contributed by atoms with E-state index in [0.717, 1.165) is 24.8 Å². The summed E-state index contributed by atoms with van der Waals surface area (Å²) in [6, 6.07) is 13.4. The number of amides is 4. The fourth-order valence-corrected chi connectivity index (χ4v) is 5.49. The predicted octanol–water partition coefficient (Wildman–Crippen LogP) is 4.25. The molecule has 10 nitrogen and oxygen atoms in total. The molecule has 1 aliphatic rings. The Labute approximate surface area is 248 Å². The molecule has 1 aliphatic carbocycles. The molecule has 0 spiro atoms. The van der Waals surface area contributed by atoms with Crippen LogP contribution in [-0.4, -0.2) is 58.0 Å². The fourth-order valence-electron chi connectivity index (χ4n) is 5.49. The van der Waals surface area contributed by atoms with Gasteiger partial charge in [-0.3, -0.25) is 24.4 Å². The summed E-state index contributed by atoms with van der Waals surface area (Å²) in [4.78, 5) is 54.5. The molecule has 2 aromatic rings. The lowest BCUT2D eigenvalue weighted by Crippen LogP contribution is -2.50. The highest BCUT2D eigenvalue weighted by Crippen LogP contribution is 2.27. The number of benzene rings is 1. The number of hydrogen-bond acceptors (Lipinski definition) is 6. The van der Waals surface area contributed by atoms with E-state index < -0.39 is 29.8 Å². The van der Waals surface area contributed by atoms with Crippen LogP contribution in [0.3, 0.4) is 0 Å². The molecule has 4 N–H and O–H groups in total. The summed E-state index contributed by atoms with van der Waals surface area (Å²) in [5.41, 5.74) is 1.13.